The molecule has 3 atom stereocenters. The molecule has 0 rings (SSSR count). The lowest BCUT2D eigenvalue weighted by molar-refractivity contribution is -0.548. The van der Waals surface area contributed by atoms with Crippen LogP contribution in [0.3, 0.4) is 0 Å². The fourth-order valence-electron chi connectivity index (χ4n) is 1.49. The van der Waals surface area contributed by atoms with Gasteiger partial charge in [0.05, 0.1) is 6.10 Å². The zero-order valence-corrected chi connectivity index (χ0v) is 15.8. The number of hydrogen-bond acceptors (Lipinski definition) is 4. The summed E-state index contributed by atoms with van der Waals surface area (Å²) < 4.78 is 226. The first-order valence-corrected chi connectivity index (χ1v) is 7.87. The van der Waals surface area contributed by atoms with Crippen molar-refractivity contribution in [3.8, 4) is 0 Å². The molecule has 0 aromatic heterocycles. The Hall–Kier alpha value is -1.80. The number of rotatable bonds is 9. The van der Waals surface area contributed by atoms with Crippen LogP contribution >= 0.6 is 0 Å². The van der Waals surface area contributed by atoms with Crippen LogP contribution in [0, 0.1) is 0 Å². The topological polar surface area (TPSA) is 44.8 Å². The molecule has 4 nitrogen and oxygen atoms in total. The molecule has 204 valence electrons. The Bertz CT molecular complexity index is 726. The highest BCUT2D eigenvalue weighted by Crippen LogP contribution is 2.56. The minimum atomic E-state index is -8.04. The molecule has 0 saturated heterocycles. The molecular formula is C13H9F17O4. The molecule has 0 aliphatic heterocycles. The van der Waals surface area contributed by atoms with Crippen LogP contribution in [0.25, 0.3) is 0 Å². The van der Waals surface area contributed by atoms with Gasteiger partial charge in [-0.15, -0.1) is 0 Å². The highest BCUT2D eigenvalue weighted by molar-refractivity contribution is 5.79. The van der Waals surface area contributed by atoms with Gasteiger partial charge in [-0.3, -0.25) is 9.47 Å². The van der Waals surface area contributed by atoms with Crippen molar-refractivity contribution < 1.29 is 93.6 Å². The molecule has 0 aromatic carbocycles. The van der Waals surface area contributed by atoms with E-state index in [0.717, 1.165) is 6.92 Å². The minimum Gasteiger partial charge on any atom is -0.458 e. The molecule has 0 spiro atoms. The maximum Gasteiger partial charge on any atom is 0.462 e. The van der Waals surface area contributed by atoms with Gasteiger partial charge >= 0.3 is 54.3 Å². The Labute approximate surface area is 175 Å². The average Bonchev–Trinajstić information content (AvgIpc) is 2.57. The predicted octanol–water partition coefficient (Wildman–Crippen LogP) is 6.20. The van der Waals surface area contributed by atoms with Crippen LogP contribution in [0.5, 0.6) is 0 Å². The van der Waals surface area contributed by atoms with Crippen molar-refractivity contribution >= 4 is 5.97 Å². The van der Waals surface area contributed by atoms with E-state index >= 15 is 0 Å². The van der Waals surface area contributed by atoms with E-state index < -0.39 is 66.9 Å². The number of esters is 1. The standard InChI is InChI=1S/C13H9F17O4/c1-3-4(2)32-5(31)6(14,9(18,19)20)33-13(29,30)8(17,11(24,25)26)34-12(27,28)7(15,16)10(21,22)23/h4H,3H2,1-2H3/t4-,6+,8+/m0/s1. The summed E-state index contributed by atoms with van der Waals surface area (Å²) in [5.41, 5.74) is 0. The van der Waals surface area contributed by atoms with Crippen molar-refractivity contribution in [3.05, 3.63) is 0 Å². The Morgan fingerprint density at radius 1 is 0.647 bits per heavy atom. The van der Waals surface area contributed by atoms with Crippen LogP contribution in [-0.2, 0) is 19.0 Å². The average molecular weight is 552 g/mol. The summed E-state index contributed by atoms with van der Waals surface area (Å²) >= 11 is 0. The molecular weight excluding hydrogens is 543 g/mol. The Morgan fingerprint density at radius 3 is 1.35 bits per heavy atom. The monoisotopic (exact) mass is 552 g/mol. The van der Waals surface area contributed by atoms with Crippen molar-refractivity contribution in [2.45, 2.75) is 74.8 Å². The molecule has 34 heavy (non-hydrogen) atoms. The van der Waals surface area contributed by atoms with E-state index in [1.54, 1.807) is 0 Å². The normalized spacial score (nSPS) is 19.3. The molecule has 0 N–H and O–H groups in total. The van der Waals surface area contributed by atoms with E-state index in [0.29, 0.717) is 6.92 Å². The summed E-state index contributed by atoms with van der Waals surface area (Å²) in [5.74, 6) is -26.4. The minimum absolute atomic E-state index is 0.506. The number of carbonyl (C=O) groups is 1. The summed E-state index contributed by atoms with van der Waals surface area (Å²) in [6, 6.07) is 0. The van der Waals surface area contributed by atoms with E-state index in [4.69, 9.17) is 0 Å². The molecule has 0 bridgehead atoms. The van der Waals surface area contributed by atoms with Crippen LogP contribution in [0.15, 0.2) is 0 Å². The Balaban J connectivity index is 6.73. The molecule has 0 radical (unpaired) electrons. The lowest BCUT2D eigenvalue weighted by Crippen LogP contribution is -2.68. The third-order valence-corrected chi connectivity index (χ3v) is 3.51. The number of ether oxygens (including phenoxy) is 3. The predicted molar refractivity (Wildman–Crippen MR) is 68.7 cm³/mol. The number of alkyl halides is 17. The Kier molecular flexibility index (Phi) is 8.53. The molecule has 0 aromatic rings. The van der Waals surface area contributed by atoms with E-state index in [2.05, 4.69) is 4.74 Å². The second-order valence-corrected chi connectivity index (χ2v) is 6.12. The lowest BCUT2D eigenvalue weighted by Gasteiger charge is -2.40. The summed E-state index contributed by atoms with van der Waals surface area (Å²) in [6.07, 6.45) is -40.8. The van der Waals surface area contributed by atoms with E-state index in [1.165, 1.54) is 4.74 Å². The van der Waals surface area contributed by atoms with Gasteiger partial charge in [0.25, 0.3) is 0 Å². The van der Waals surface area contributed by atoms with Crippen molar-refractivity contribution in [1.82, 2.24) is 0 Å². The largest absolute Gasteiger partial charge is 0.462 e. The molecule has 0 saturated carbocycles. The van der Waals surface area contributed by atoms with Crippen LogP contribution < -0.4 is 0 Å². The van der Waals surface area contributed by atoms with E-state index in [-0.39, 0.29) is 0 Å². The lowest BCUT2D eigenvalue weighted by atomic mass is 10.2. The molecule has 0 aliphatic rings. The van der Waals surface area contributed by atoms with Gasteiger partial charge in [0, 0.05) is 0 Å². The molecule has 21 heteroatoms. The second-order valence-electron chi connectivity index (χ2n) is 6.12. The van der Waals surface area contributed by atoms with Gasteiger partial charge in [-0.05, 0) is 13.3 Å². The SMILES string of the molecule is CC[C@H](C)OC(=O)[C@@](F)(OC(F)(F)[C@](F)(OC(F)(F)C(F)(F)C(F)(F)F)C(F)(F)F)C(F)(F)F. The van der Waals surface area contributed by atoms with Crippen molar-refractivity contribution in [2.24, 2.45) is 0 Å². The number of carbonyl (C=O) groups excluding carboxylic acids is 1. The smallest absolute Gasteiger partial charge is 0.458 e. The maximum atomic E-state index is 14.1. The van der Waals surface area contributed by atoms with Crippen molar-refractivity contribution in [2.75, 3.05) is 0 Å². The highest BCUT2D eigenvalue weighted by Gasteiger charge is 2.85. The quantitative estimate of drug-likeness (QED) is 0.253. The molecule has 0 unspecified atom stereocenters. The third kappa shape index (κ3) is 5.70. The van der Waals surface area contributed by atoms with E-state index in [9.17, 15) is 79.4 Å². The fourth-order valence-corrected chi connectivity index (χ4v) is 1.49. The molecule has 0 aliphatic carbocycles. The number of halogens is 17. The zero-order chi connectivity index (χ0) is 28.0. The van der Waals surface area contributed by atoms with Gasteiger partial charge in [-0.1, -0.05) is 6.92 Å². The van der Waals surface area contributed by atoms with Crippen LogP contribution in [0.4, 0.5) is 74.6 Å². The molecule has 0 amide bonds. The van der Waals surface area contributed by atoms with Crippen LogP contribution in [0.1, 0.15) is 20.3 Å². The van der Waals surface area contributed by atoms with Crippen LogP contribution in [-0.4, -0.2) is 60.5 Å². The number of hydrogen-bond donors (Lipinski definition) is 0. The van der Waals surface area contributed by atoms with Gasteiger partial charge in [-0.2, -0.15) is 74.6 Å². The molecule has 0 heterocycles. The first kappa shape index (κ1) is 32.2. The molecule has 0 fully saturated rings. The van der Waals surface area contributed by atoms with Gasteiger partial charge < -0.3 is 4.74 Å². The summed E-state index contributed by atoms with van der Waals surface area (Å²) in [7, 11) is 0. The van der Waals surface area contributed by atoms with Gasteiger partial charge in [0.1, 0.15) is 0 Å². The van der Waals surface area contributed by atoms with Gasteiger partial charge in [0.2, 0.25) is 0 Å². The summed E-state index contributed by atoms with van der Waals surface area (Å²) in [4.78, 5) is 11.3. The first-order valence-electron chi connectivity index (χ1n) is 7.87. The van der Waals surface area contributed by atoms with Crippen molar-refractivity contribution in [3.63, 3.8) is 0 Å². The summed E-state index contributed by atoms with van der Waals surface area (Å²) in [5, 5.41) is 0. The maximum absolute atomic E-state index is 14.1. The van der Waals surface area contributed by atoms with E-state index in [1.807, 2.05) is 4.74 Å². The highest BCUT2D eigenvalue weighted by atomic mass is 19.4. The van der Waals surface area contributed by atoms with Crippen LogP contribution in [0.2, 0.25) is 0 Å². The zero-order valence-electron chi connectivity index (χ0n) is 15.8. The van der Waals surface area contributed by atoms with Gasteiger partial charge in [-0.25, -0.2) is 4.79 Å². The third-order valence-electron chi connectivity index (χ3n) is 3.51. The van der Waals surface area contributed by atoms with Gasteiger partial charge in [0.15, 0.2) is 0 Å². The summed E-state index contributed by atoms with van der Waals surface area (Å²) in [6.45, 7) is 1.67. The fraction of sp³-hybridized carbons (Fsp3) is 0.923. The van der Waals surface area contributed by atoms with Crippen molar-refractivity contribution in [1.29, 1.82) is 0 Å². The second kappa shape index (κ2) is 9.01. The first-order chi connectivity index (χ1) is 14.5. The Morgan fingerprint density at radius 2 is 1.06 bits per heavy atom.